The lowest BCUT2D eigenvalue weighted by atomic mass is 9.46. The summed E-state index contributed by atoms with van der Waals surface area (Å²) >= 11 is 0. The molecular weight excluding hydrogens is 648 g/mol. The van der Waals surface area contributed by atoms with E-state index in [-0.39, 0.29) is 18.1 Å². The van der Waals surface area contributed by atoms with Crippen LogP contribution in [0, 0.1) is 46.3 Å². The summed E-state index contributed by atoms with van der Waals surface area (Å²) in [5.41, 5.74) is 0.917. The van der Waals surface area contributed by atoms with Crippen molar-refractivity contribution in [1.29, 1.82) is 0 Å². The largest absolute Gasteiger partial charge is 0.393 e. The van der Waals surface area contributed by atoms with Crippen LogP contribution < -0.4 is 0 Å². The van der Waals surface area contributed by atoms with Gasteiger partial charge >= 0.3 is 0 Å². The van der Waals surface area contributed by atoms with E-state index in [4.69, 9.17) is 28.4 Å². The fraction of sp³-hybridized carbons (Fsp3) is 0.947. The highest BCUT2D eigenvalue weighted by molar-refractivity contribution is 5.28. The zero-order valence-electron chi connectivity index (χ0n) is 30.2. The zero-order valence-corrected chi connectivity index (χ0v) is 30.2. The van der Waals surface area contributed by atoms with Gasteiger partial charge in [-0.3, -0.25) is 0 Å². The molecule has 3 saturated carbocycles. The Morgan fingerprint density at radius 2 is 1.60 bits per heavy atom. The van der Waals surface area contributed by atoms with Crippen LogP contribution in [0.3, 0.4) is 0 Å². The van der Waals surface area contributed by atoms with E-state index in [1.807, 2.05) is 0 Å². The number of aliphatic hydroxyl groups is 6. The lowest BCUT2D eigenvalue weighted by Crippen LogP contribution is -2.63. The number of hydrogen-bond donors (Lipinski definition) is 6. The highest BCUT2D eigenvalue weighted by atomic mass is 16.8. The molecule has 1 spiro atoms. The first kappa shape index (κ1) is 36.2. The molecular formula is C38H60O12. The number of allylic oxidation sites excluding steroid dienone is 1. The summed E-state index contributed by atoms with van der Waals surface area (Å²) in [6.07, 6.45) is -3.26. The predicted molar refractivity (Wildman–Crippen MR) is 177 cm³/mol. The van der Waals surface area contributed by atoms with Crippen molar-refractivity contribution in [3.8, 4) is 0 Å². The SMILES string of the molecule is C[C@@H]1CC[C@]2(OC1)O[C@@H]1C[C@@H]3[C@@H]4CC=C5C[C@@H](O)C[C@@H](O[C@@H]6OC[C@H](O)[C@H](O)[C@@H]6O[C@@H]6O[C@H](C)[C@H](O)[C@H](O)[C@@H]6O)[C@]5(C)[C@@H]4CC[C@]3(C)[C@H]1[C@@H]2C. The van der Waals surface area contributed by atoms with Crippen LogP contribution in [-0.4, -0.2) is 123 Å². The van der Waals surface area contributed by atoms with E-state index in [9.17, 15) is 30.6 Å². The summed E-state index contributed by atoms with van der Waals surface area (Å²) in [4.78, 5) is 0. The summed E-state index contributed by atoms with van der Waals surface area (Å²) in [7, 11) is 0. The molecule has 0 aromatic rings. The molecule has 4 aliphatic heterocycles. The minimum Gasteiger partial charge on any atom is -0.393 e. The maximum absolute atomic E-state index is 11.1. The third kappa shape index (κ3) is 5.45. The van der Waals surface area contributed by atoms with E-state index in [2.05, 4.69) is 33.8 Å². The average molecular weight is 709 g/mol. The van der Waals surface area contributed by atoms with Gasteiger partial charge in [-0.15, -0.1) is 0 Å². The number of hydrogen-bond acceptors (Lipinski definition) is 12. The van der Waals surface area contributed by atoms with Gasteiger partial charge < -0.3 is 59.1 Å². The Morgan fingerprint density at radius 3 is 2.34 bits per heavy atom. The number of ether oxygens (including phenoxy) is 6. The Kier molecular flexibility index (Phi) is 9.38. The first-order chi connectivity index (χ1) is 23.7. The molecule has 21 atom stereocenters. The van der Waals surface area contributed by atoms with Crippen molar-refractivity contribution < 1.29 is 59.1 Å². The second-order valence-electron chi connectivity index (χ2n) is 17.9. The molecule has 6 N–H and O–H groups in total. The quantitative estimate of drug-likeness (QED) is 0.235. The first-order valence-electron chi connectivity index (χ1n) is 19.4. The van der Waals surface area contributed by atoms with Crippen LogP contribution in [0.2, 0.25) is 0 Å². The van der Waals surface area contributed by atoms with Crippen molar-refractivity contribution in [3.63, 3.8) is 0 Å². The van der Waals surface area contributed by atoms with E-state index in [1.165, 1.54) is 5.57 Å². The van der Waals surface area contributed by atoms with Crippen molar-refractivity contribution in [2.75, 3.05) is 13.2 Å². The van der Waals surface area contributed by atoms with Crippen molar-refractivity contribution in [3.05, 3.63) is 11.6 Å². The lowest BCUT2D eigenvalue weighted by molar-refractivity contribution is -0.362. The Balaban J connectivity index is 1.04. The highest BCUT2D eigenvalue weighted by Gasteiger charge is 2.69. The Labute approximate surface area is 295 Å². The van der Waals surface area contributed by atoms with Gasteiger partial charge in [-0.25, -0.2) is 0 Å². The molecule has 50 heavy (non-hydrogen) atoms. The van der Waals surface area contributed by atoms with E-state index < -0.39 is 78.7 Å². The van der Waals surface area contributed by atoms with Crippen LogP contribution in [-0.2, 0) is 28.4 Å². The molecule has 0 unspecified atom stereocenters. The summed E-state index contributed by atoms with van der Waals surface area (Å²) in [5.74, 6) is 2.08. The molecule has 284 valence electrons. The van der Waals surface area contributed by atoms with Crippen molar-refractivity contribution in [2.24, 2.45) is 46.3 Å². The lowest BCUT2D eigenvalue weighted by Gasteiger charge is -2.60. The van der Waals surface area contributed by atoms with E-state index >= 15 is 0 Å². The molecule has 8 aliphatic rings. The van der Waals surface area contributed by atoms with E-state index in [0.717, 1.165) is 45.1 Å². The van der Waals surface area contributed by atoms with Crippen LogP contribution in [0.5, 0.6) is 0 Å². The van der Waals surface area contributed by atoms with Gasteiger partial charge in [0.15, 0.2) is 18.4 Å². The number of rotatable bonds is 4. The number of fused-ring (bicyclic) bond motifs is 7. The van der Waals surface area contributed by atoms with Gasteiger partial charge in [-0.2, -0.15) is 0 Å². The van der Waals surface area contributed by atoms with E-state index in [1.54, 1.807) is 6.92 Å². The van der Waals surface area contributed by atoms with Gasteiger partial charge in [0.1, 0.15) is 36.6 Å². The highest BCUT2D eigenvalue weighted by Crippen LogP contribution is 2.71. The standard InChI is InChI=1S/C38H60O12/c1-17-8-11-38(46-15-17)18(2)28-26(50-38)14-24-22-7-6-20-12-21(39)13-27(37(20,5)23(22)9-10-36(24,28)4)48-35-33(30(42)25(40)16-45-35)49-34-32(44)31(43)29(41)19(3)47-34/h6,17-19,21-35,39-44H,7-16H2,1-5H3/t17-,18+,19-,21-,22-,23-,24-,25+,26-,27-,28+,29+,30+,31+,32+,33+,34+,35+,36+,37+,38+/m1/s1. The summed E-state index contributed by atoms with van der Waals surface area (Å²) in [6, 6.07) is 0. The van der Waals surface area contributed by atoms with Crippen LogP contribution in [0.25, 0.3) is 0 Å². The molecule has 4 heterocycles. The maximum atomic E-state index is 11.1. The smallest absolute Gasteiger partial charge is 0.187 e. The summed E-state index contributed by atoms with van der Waals surface area (Å²) < 4.78 is 38.0. The van der Waals surface area contributed by atoms with Gasteiger partial charge in [0, 0.05) is 24.2 Å². The third-order valence-electron chi connectivity index (χ3n) is 15.2. The second kappa shape index (κ2) is 12.9. The maximum Gasteiger partial charge on any atom is 0.187 e. The Bertz CT molecular complexity index is 1290. The average Bonchev–Trinajstić information content (AvgIpc) is 3.53. The summed E-state index contributed by atoms with van der Waals surface area (Å²) in [6.45, 7) is 11.5. The van der Waals surface area contributed by atoms with Gasteiger partial charge in [0.2, 0.25) is 0 Å². The third-order valence-corrected chi connectivity index (χ3v) is 15.2. The van der Waals surface area contributed by atoms with Crippen LogP contribution >= 0.6 is 0 Å². The Hall–Kier alpha value is -0.740. The molecule has 4 saturated heterocycles. The minimum absolute atomic E-state index is 0.134. The molecule has 0 aromatic carbocycles. The molecule has 12 nitrogen and oxygen atoms in total. The van der Waals surface area contributed by atoms with Crippen molar-refractivity contribution in [1.82, 2.24) is 0 Å². The molecule has 7 fully saturated rings. The first-order valence-corrected chi connectivity index (χ1v) is 19.4. The van der Waals surface area contributed by atoms with Gasteiger partial charge in [-0.05, 0) is 80.5 Å². The fourth-order valence-electron chi connectivity index (χ4n) is 12.4. The topological polar surface area (TPSA) is 177 Å². The Morgan fingerprint density at radius 1 is 0.820 bits per heavy atom. The second-order valence-corrected chi connectivity index (χ2v) is 17.9. The van der Waals surface area contributed by atoms with Gasteiger partial charge in [0.25, 0.3) is 0 Å². The van der Waals surface area contributed by atoms with Crippen molar-refractivity contribution in [2.45, 2.75) is 165 Å². The zero-order chi connectivity index (χ0) is 35.5. The van der Waals surface area contributed by atoms with E-state index in [0.29, 0.717) is 48.3 Å². The molecule has 0 amide bonds. The van der Waals surface area contributed by atoms with Crippen LogP contribution in [0.15, 0.2) is 11.6 Å². The fourth-order valence-corrected chi connectivity index (χ4v) is 12.4. The molecule has 0 bridgehead atoms. The molecule has 12 heteroatoms. The summed E-state index contributed by atoms with van der Waals surface area (Å²) in [5, 5.41) is 64.1. The molecule has 0 radical (unpaired) electrons. The normalized spacial score (nSPS) is 59.3. The number of aliphatic hydroxyl groups excluding tert-OH is 6. The molecule has 0 aromatic heterocycles. The molecule has 8 rings (SSSR count). The van der Waals surface area contributed by atoms with Crippen molar-refractivity contribution >= 4 is 0 Å². The minimum atomic E-state index is -1.60. The molecule has 4 aliphatic carbocycles. The monoisotopic (exact) mass is 708 g/mol. The van der Waals surface area contributed by atoms with Crippen LogP contribution in [0.4, 0.5) is 0 Å². The van der Waals surface area contributed by atoms with Gasteiger partial charge in [0.05, 0.1) is 37.6 Å². The predicted octanol–water partition coefficient (Wildman–Crippen LogP) is 2.00. The van der Waals surface area contributed by atoms with Crippen LogP contribution in [0.1, 0.15) is 86.0 Å². The van der Waals surface area contributed by atoms with Gasteiger partial charge in [-0.1, -0.05) is 39.3 Å².